The lowest BCUT2D eigenvalue weighted by Gasteiger charge is -2.20. The van der Waals surface area contributed by atoms with E-state index in [4.69, 9.17) is 0 Å². The van der Waals surface area contributed by atoms with Crippen molar-refractivity contribution in [2.45, 2.75) is 51.4 Å². The predicted octanol–water partition coefficient (Wildman–Crippen LogP) is 13.2. The summed E-state index contributed by atoms with van der Waals surface area (Å²) in [6.45, 7) is 0. The summed E-state index contributed by atoms with van der Waals surface area (Å²) in [5, 5.41) is 3.99. The molecule has 3 heterocycles. The van der Waals surface area contributed by atoms with Crippen molar-refractivity contribution in [1.29, 1.82) is 0 Å². The van der Waals surface area contributed by atoms with Gasteiger partial charge in [-0.15, -0.1) is 11.3 Å². The Morgan fingerprint density at radius 3 is 1.86 bits per heavy atom. The van der Waals surface area contributed by atoms with Crippen LogP contribution in [0.4, 0.5) is 0 Å². The van der Waals surface area contributed by atoms with Gasteiger partial charge in [-0.05, 0) is 133 Å². The monoisotopic (exact) mass is 674 g/mol. The molecule has 4 aliphatic rings. The minimum atomic E-state index is 1.05. The Bertz CT molecular complexity index is 2730. The van der Waals surface area contributed by atoms with Crippen LogP contribution in [0.25, 0.3) is 84.6 Å². The first kappa shape index (κ1) is 29.4. The van der Waals surface area contributed by atoms with E-state index in [1.54, 1.807) is 9.75 Å². The molecule has 2 nitrogen and oxygen atoms in total. The second-order valence-corrected chi connectivity index (χ2v) is 15.7. The van der Waals surface area contributed by atoms with Crippen LogP contribution in [-0.2, 0) is 19.3 Å². The minimum absolute atomic E-state index is 1.05. The van der Waals surface area contributed by atoms with Crippen molar-refractivity contribution >= 4 is 73.7 Å². The standard InChI is InChI=1S/C48H38N2S/c1-3-11-31(12-4-1)32-19-23-45-40(27-32)41-29-34(21-25-46(41)49(45)35-13-5-2-6-14-35)33-20-24-44-39(28-33)37-15-7-9-17-43(37)50(44)36-22-26-48-42(30-36)38-16-8-10-18-47(38)51-48/h1-5,7-8,11-13,15-16,19-21,23-25,27-30H,6,9-10,14,17-18,22,26H2. The maximum atomic E-state index is 2.63. The van der Waals surface area contributed by atoms with E-state index in [1.165, 1.54) is 102 Å². The molecule has 4 aliphatic carbocycles. The van der Waals surface area contributed by atoms with Gasteiger partial charge >= 0.3 is 0 Å². The Labute approximate surface area is 302 Å². The summed E-state index contributed by atoms with van der Waals surface area (Å²) in [5.74, 6) is 0. The maximum absolute atomic E-state index is 2.63. The number of thiophene rings is 1. The molecule has 0 aliphatic heterocycles. The van der Waals surface area contributed by atoms with Crippen molar-refractivity contribution in [2.24, 2.45) is 0 Å². The van der Waals surface area contributed by atoms with Gasteiger partial charge in [-0.25, -0.2) is 0 Å². The number of benzene rings is 4. The largest absolute Gasteiger partial charge is 0.317 e. The van der Waals surface area contributed by atoms with Gasteiger partial charge < -0.3 is 9.13 Å². The molecule has 0 amide bonds. The third-order valence-electron chi connectivity index (χ3n) is 11.6. The molecular formula is C48H38N2S. The van der Waals surface area contributed by atoms with Gasteiger partial charge in [-0.3, -0.25) is 0 Å². The fourth-order valence-corrected chi connectivity index (χ4v) is 10.5. The van der Waals surface area contributed by atoms with Gasteiger partial charge in [0.15, 0.2) is 0 Å². The fourth-order valence-electron chi connectivity index (χ4n) is 9.17. The molecule has 0 unspecified atom stereocenters. The second-order valence-electron chi connectivity index (χ2n) is 14.5. The lowest BCUT2D eigenvalue weighted by Crippen LogP contribution is -2.08. The smallest absolute Gasteiger partial charge is 0.0538 e. The number of hydrogen-bond donors (Lipinski definition) is 0. The Hall–Kier alpha value is -5.38. The molecule has 246 valence electrons. The number of aryl methyl sites for hydroxylation is 2. The summed E-state index contributed by atoms with van der Waals surface area (Å²) in [7, 11) is 0. The van der Waals surface area contributed by atoms with Crippen molar-refractivity contribution in [3.05, 3.63) is 147 Å². The molecule has 0 bridgehead atoms. The van der Waals surface area contributed by atoms with Crippen LogP contribution in [0, 0.1) is 0 Å². The third kappa shape index (κ3) is 4.61. The summed E-state index contributed by atoms with van der Waals surface area (Å²) >= 11 is 2.06. The molecule has 0 atom stereocenters. The molecule has 0 saturated carbocycles. The molecule has 0 saturated heterocycles. The number of rotatable bonds is 4. The molecule has 0 spiro atoms. The Morgan fingerprint density at radius 2 is 1.12 bits per heavy atom. The SMILES string of the molecule is C1=CCCC(n2c3ccc(-c4ccccc4)cc3c3cc(-c4ccc5c(c4)c4c(n5C5=Cc6c(sc7c6C=CCC7)CC5)CCC=C4)ccc32)=C1. The summed E-state index contributed by atoms with van der Waals surface area (Å²) < 4.78 is 5.13. The molecule has 3 aromatic heterocycles. The van der Waals surface area contributed by atoms with E-state index < -0.39 is 0 Å². The number of allylic oxidation sites excluding steroid dienone is 7. The van der Waals surface area contributed by atoms with Crippen molar-refractivity contribution in [3.8, 4) is 22.3 Å². The van der Waals surface area contributed by atoms with Crippen LogP contribution in [0.5, 0.6) is 0 Å². The van der Waals surface area contributed by atoms with Crippen LogP contribution in [0.3, 0.4) is 0 Å². The zero-order valence-electron chi connectivity index (χ0n) is 28.7. The van der Waals surface area contributed by atoms with E-state index in [0.29, 0.717) is 0 Å². The normalized spacial score (nSPS) is 16.4. The maximum Gasteiger partial charge on any atom is 0.0538 e. The first-order valence-corrected chi connectivity index (χ1v) is 19.5. The zero-order chi connectivity index (χ0) is 33.5. The number of hydrogen-bond acceptors (Lipinski definition) is 1. The van der Waals surface area contributed by atoms with E-state index in [1.807, 2.05) is 0 Å². The molecule has 11 rings (SSSR count). The van der Waals surface area contributed by atoms with E-state index in [-0.39, 0.29) is 0 Å². The summed E-state index contributed by atoms with van der Waals surface area (Å²) in [6.07, 6.45) is 27.7. The molecule has 0 N–H and O–H groups in total. The van der Waals surface area contributed by atoms with Crippen LogP contribution >= 0.6 is 11.3 Å². The first-order valence-electron chi connectivity index (χ1n) is 18.6. The van der Waals surface area contributed by atoms with Gasteiger partial charge in [-0.1, -0.05) is 85.0 Å². The minimum Gasteiger partial charge on any atom is -0.317 e. The molecular weight excluding hydrogens is 637 g/mol. The van der Waals surface area contributed by atoms with Crippen molar-refractivity contribution in [2.75, 3.05) is 0 Å². The van der Waals surface area contributed by atoms with Crippen LogP contribution < -0.4 is 0 Å². The van der Waals surface area contributed by atoms with E-state index >= 15 is 0 Å². The highest BCUT2D eigenvalue weighted by Gasteiger charge is 2.25. The molecule has 3 heteroatoms. The lowest BCUT2D eigenvalue weighted by molar-refractivity contribution is 0.862. The Kier molecular flexibility index (Phi) is 6.67. The second kappa shape index (κ2) is 11.6. The van der Waals surface area contributed by atoms with E-state index in [9.17, 15) is 0 Å². The highest BCUT2D eigenvalue weighted by Crippen LogP contribution is 2.44. The summed E-state index contributed by atoms with van der Waals surface area (Å²) in [5.41, 5.74) is 17.6. The number of fused-ring (bicyclic) bond motifs is 9. The van der Waals surface area contributed by atoms with Crippen molar-refractivity contribution in [3.63, 3.8) is 0 Å². The lowest BCUT2D eigenvalue weighted by atomic mass is 9.95. The fraction of sp³-hybridized carbons (Fsp3) is 0.167. The van der Waals surface area contributed by atoms with Crippen LogP contribution in [0.2, 0.25) is 0 Å². The molecule has 4 aromatic carbocycles. The van der Waals surface area contributed by atoms with Crippen LogP contribution in [-0.4, -0.2) is 9.13 Å². The summed E-state index contributed by atoms with van der Waals surface area (Å²) in [6, 6.07) is 32.2. The number of nitrogens with zero attached hydrogens (tertiary/aromatic N) is 2. The quantitative estimate of drug-likeness (QED) is 0.176. The highest BCUT2D eigenvalue weighted by atomic mass is 32.1. The van der Waals surface area contributed by atoms with Gasteiger partial charge in [0.1, 0.15) is 0 Å². The van der Waals surface area contributed by atoms with Gasteiger partial charge in [0.05, 0.1) is 16.6 Å². The van der Waals surface area contributed by atoms with Crippen LogP contribution in [0.15, 0.2) is 115 Å². The third-order valence-corrected chi connectivity index (χ3v) is 12.9. The average Bonchev–Trinajstić information content (AvgIpc) is 3.85. The molecule has 7 aromatic rings. The topological polar surface area (TPSA) is 9.86 Å². The van der Waals surface area contributed by atoms with Crippen LogP contribution in [0.1, 0.15) is 64.2 Å². The molecule has 0 fully saturated rings. The van der Waals surface area contributed by atoms with Crippen molar-refractivity contribution < 1.29 is 0 Å². The Morgan fingerprint density at radius 1 is 0.471 bits per heavy atom. The van der Waals surface area contributed by atoms with E-state index in [0.717, 1.165) is 38.5 Å². The Balaban J connectivity index is 1.08. The van der Waals surface area contributed by atoms with Gasteiger partial charge in [0.2, 0.25) is 0 Å². The average molecular weight is 675 g/mol. The molecule has 0 radical (unpaired) electrons. The molecule has 51 heavy (non-hydrogen) atoms. The summed E-state index contributed by atoms with van der Waals surface area (Å²) in [4.78, 5) is 3.15. The zero-order valence-corrected chi connectivity index (χ0v) is 29.5. The predicted molar refractivity (Wildman–Crippen MR) is 220 cm³/mol. The van der Waals surface area contributed by atoms with E-state index in [2.05, 4.69) is 154 Å². The highest BCUT2D eigenvalue weighted by molar-refractivity contribution is 7.12. The number of aromatic nitrogens is 2. The first-order chi connectivity index (χ1) is 25.3. The van der Waals surface area contributed by atoms with Crippen molar-refractivity contribution in [1.82, 2.24) is 9.13 Å². The van der Waals surface area contributed by atoms with Gasteiger partial charge in [0.25, 0.3) is 0 Å². The van der Waals surface area contributed by atoms with Gasteiger partial charge in [0, 0.05) is 48.6 Å². The van der Waals surface area contributed by atoms with Gasteiger partial charge in [-0.2, -0.15) is 0 Å².